The smallest absolute Gasteiger partial charge is 0.331 e. The maximum atomic E-state index is 11.6. The molecule has 1 rings (SSSR count). The van der Waals surface area contributed by atoms with E-state index in [2.05, 4.69) is 5.32 Å². The maximum absolute atomic E-state index is 11.6. The van der Waals surface area contributed by atoms with Gasteiger partial charge in [-0.05, 0) is 13.8 Å². The predicted molar refractivity (Wildman–Crippen MR) is 68.1 cm³/mol. The average molecular weight is 286 g/mol. The Kier molecular flexibility index (Phi) is 6.13. The Morgan fingerprint density at radius 2 is 1.90 bits per heavy atom. The van der Waals surface area contributed by atoms with Gasteiger partial charge in [-0.2, -0.15) is 0 Å². The van der Waals surface area contributed by atoms with Gasteiger partial charge in [0.1, 0.15) is 0 Å². The first-order chi connectivity index (χ1) is 9.41. The standard InChI is InChI=1S/C12H18N2O6/c1-7(8(2)11(16)17)10(15)14-12(18)13-5-9-6-19-3-4-20-9/h9H,3-6H2,1-2H3,(H,16,17)(H2,13,14,15,18). The van der Waals surface area contributed by atoms with E-state index < -0.39 is 17.9 Å². The molecule has 0 aromatic heterocycles. The number of aliphatic carboxylic acids is 1. The van der Waals surface area contributed by atoms with Crippen LogP contribution in [-0.2, 0) is 19.1 Å². The number of rotatable bonds is 4. The molecule has 1 fully saturated rings. The monoisotopic (exact) mass is 286 g/mol. The van der Waals surface area contributed by atoms with E-state index in [0.717, 1.165) is 0 Å². The zero-order chi connectivity index (χ0) is 15.1. The van der Waals surface area contributed by atoms with Gasteiger partial charge in [-0.15, -0.1) is 0 Å². The fourth-order valence-corrected chi connectivity index (χ4v) is 1.43. The van der Waals surface area contributed by atoms with Crippen LogP contribution in [-0.4, -0.2) is 55.5 Å². The van der Waals surface area contributed by atoms with E-state index in [1.165, 1.54) is 13.8 Å². The lowest BCUT2D eigenvalue weighted by molar-refractivity contribution is -0.133. The molecule has 1 heterocycles. The number of carbonyl (C=O) groups is 3. The number of carboxylic acid groups (broad SMARTS) is 1. The van der Waals surface area contributed by atoms with Crippen LogP contribution in [0.25, 0.3) is 0 Å². The number of carboxylic acids is 1. The molecule has 3 N–H and O–H groups in total. The average Bonchev–Trinajstić information content (AvgIpc) is 2.44. The highest BCUT2D eigenvalue weighted by Gasteiger charge is 2.18. The lowest BCUT2D eigenvalue weighted by Gasteiger charge is -2.23. The molecule has 8 nitrogen and oxygen atoms in total. The van der Waals surface area contributed by atoms with Crippen molar-refractivity contribution in [1.82, 2.24) is 10.6 Å². The van der Waals surface area contributed by atoms with Gasteiger partial charge >= 0.3 is 12.0 Å². The van der Waals surface area contributed by atoms with Gasteiger partial charge in [0.2, 0.25) is 0 Å². The molecule has 0 aromatic carbocycles. The number of amides is 3. The van der Waals surface area contributed by atoms with Gasteiger partial charge in [-0.3, -0.25) is 10.1 Å². The molecule has 0 radical (unpaired) electrons. The Balaban J connectivity index is 2.40. The van der Waals surface area contributed by atoms with E-state index in [4.69, 9.17) is 14.6 Å². The largest absolute Gasteiger partial charge is 0.478 e. The Bertz CT molecular complexity index is 426. The molecule has 112 valence electrons. The van der Waals surface area contributed by atoms with Crippen molar-refractivity contribution >= 4 is 17.9 Å². The molecule has 1 atom stereocenters. The van der Waals surface area contributed by atoms with Crippen LogP contribution in [0.3, 0.4) is 0 Å². The van der Waals surface area contributed by atoms with Crippen LogP contribution in [0.5, 0.6) is 0 Å². The molecular weight excluding hydrogens is 268 g/mol. The van der Waals surface area contributed by atoms with Crippen LogP contribution in [0, 0.1) is 0 Å². The second kappa shape index (κ2) is 7.61. The Hall–Kier alpha value is -1.93. The summed E-state index contributed by atoms with van der Waals surface area (Å²) in [7, 11) is 0. The molecule has 0 bridgehead atoms. The summed E-state index contributed by atoms with van der Waals surface area (Å²) in [5.74, 6) is -1.95. The quantitative estimate of drug-likeness (QED) is 0.609. The van der Waals surface area contributed by atoms with Gasteiger partial charge < -0.3 is 19.9 Å². The molecule has 1 unspecified atom stereocenters. The van der Waals surface area contributed by atoms with Crippen molar-refractivity contribution in [3.05, 3.63) is 11.1 Å². The number of imide groups is 1. The summed E-state index contributed by atoms with van der Waals surface area (Å²) in [5.41, 5.74) is -0.135. The van der Waals surface area contributed by atoms with Gasteiger partial charge in [-0.25, -0.2) is 9.59 Å². The molecular formula is C12H18N2O6. The number of urea groups is 1. The fourth-order valence-electron chi connectivity index (χ4n) is 1.43. The third-order valence-electron chi connectivity index (χ3n) is 2.83. The second-order valence-electron chi connectivity index (χ2n) is 4.29. The van der Waals surface area contributed by atoms with E-state index in [1.54, 1.807) is 0 Å². The molecule has 0 spiro atoms. The van der Waals surface area contributed by atoms with Crippen molar-refractivity contribution in [3.8, 4) is 0 Å². The summed E-state index contributed by atoms with van der Waals surface area (Å²) in [6.45, 7) is 4.21. The zero-order valence-corrected chi connectivity index (χ0v) is 11.4. The van der Waals surface area contributed by atoms with E-state index in [0.29, 0.717) is 19.8 Å². The van der Waals surface area contributed by atoms with E-state index in [1.807, 2.05) is 5.32 Å². The fraction of sp³-hybridized carbons (Fsp3) is 0.583. The number of hydrogen-bond acceptors (Lipinski definition) is 5. The van der Waals surface area contributed by atoms with Gasteiger partial charge in [0.15, 0.2) is 0 Å². The van der Waals surface area contributed by atoms with Gasteiger partial charge in [0.05, 0.1) is 25.9 Å². The first-order valence-electron chi connectivity index (χ1n) is 6.11. The summed E-state index contributed by atoms with van der Waals surface area (Å²) in [6.07, 6.45) is -0.248. The van der Waals surface area contributed by atoms with Crippen LogP contribution in [0.15, 0.2) is 11.1 Å². The van der Waals surface area contributed by atoms with Crippen molar-refractivity contribution in [2.24, 2.45) is 0 Å². The number of ether oxygens (including phenoxy) is 2. The minimum Gasteiger partial charge on any atom is -0.478 e. The second-order valence-corrected chi connectivity index (χ2v) is 4.29. The summed E-state index contributed by atoms with van der Waals surface area (Å²) in [6, 6.07) is -0.707. The van der Waals surface area contributed by atoms with E-state index in [-0.39, 0.29) is 23.8 Å². The van der Waals surface area contributed by atoms with Crippen molar-refractivity contribution in [3.63, 3.8) is 0 Å². The third-order valence-corrected chi connectivity index (χ3v) is 2.83. The van der Waals surface area contributed by atoms with Gasteiger partial charge in [-0.1, -0.05) is 0 Å². The van der Waals surface area contributed by atoms with Gasteiger partial charge in [0, 0.05) is 17.7 Å². The number of hydrogen-bond donors (Lipinski definition) is 3. The maximum Gasteiger partial charge on any atom is 0.331 e. The molecule has 0 saturated carbocycles. The minimum absolute atomic E-state index is 0.0232. The lowest BCUT2D eigenvalue weighted by Crippen LogP contribution is -2.45. The number of nitrogens with one attached hydrogen (secondary N) is 2. The molecule has 0 aliphatic carbocycles. The SMILES string of the molecule is CC(C(=O)O)=C(C)C(=O)NC(=O)NCC1COCCO1. The van der Waals surface area contributed by atoms with Crippen LogP contribution < -0.4 is 10.6 Å². The van der Waals surface area contributed by atoms with Crippen LogP contribution in [0.4, 0.5) is 4.79 Å². The van der Waals surface area contributed by atoms with Crippen molar-refractivity contribution in [1.29, 1.82) is 0 Å². The summed E-state index contributed by atoms with van der Waals surface area (Å²) < 4.78 is 10.5. The Morgan fingerprint density at radius 1 is 1.20 bits per heavy atom. The van der Waals surface area contributed by atoms with E-state index in [9.17, 15) is 14.4 Å². The molecule has 8 heteroatoms. The zero-order valence-electron chi connectivity index (χ0n) is 11.4. The normalized spacial score (nSPS) is 19.8. The summed E-state index contributed by atoms with van der Waals surface area (Å²) >= 11 is 0. The Labute approximate surface area is 116 Å². The lowest BCUT2D eigenvalue weighted by atomic mass is 10.1. The van der Waals surface area contributed by atoms with Crippen molar-refractivity contribution in [2.45, 2.75) is 20.0 Å². The highest BCUT2D eigenvalue weighted by molar-refractivity contribution is 6.07. The number of carbonyl (C=O) groups excluding carboxylic acids is 2. The first-order valence-corrected chi connectivity index (χ1v) is 6.11. The molecule has 1 aliphatic heterocycles. The van der Waals surface area contributed by atoms with Crippen LogP contribution in [0.2, 0.25) is 0 Å². The molecule has 20 heavy (non-hydrogen) atoms. The first kappa shape index (κ1) is 16.1. The summed E-state index contributed by atoms with van der Waals surface area (Å²) in [5, 5.41) is 13.2. The topological polar surface area (TPSA) is 114 Å². The van der Waals surface area contributed by atoms with Gasteiger partial charge in [0.25, 0.3) is 5.91 Å². The van der Waals surface area contributed by atoms with Crippen molar-refractivity contribution < 1.29 is 29.0 Å². The highest BCUT2D eigenvalue weighted by atomic mass is 16.6. The molecule has 1 saturated heterocycles. The van der Waals surface area contributed by atoms with Crippen LogP contribution in [0.1, 0.15) is 13.8 Å². The highest BCUT2D eigenvalue weighted by Crippen LogP contribution is 2.03. The third kappa shape index (κ3) is 4.98. The predicted octanol–water partition coefficient (Wildman–Crippen LogP) is -0.351. The molecule has 3 amide bonds. The minimum atomic E-state index is -1.20. The van der Waals surface area contributed by atoms with Crippen LogP contribution >= 0.6 is 0 Å². The van der Waals surface area contributed by atoms with Crippen molar-refractivity contribution in [2.75, 3.05) is 26.4 Å². The molecule has 1 aliphatic rings. The molecule has 0 aromatic rings. The summed E-state index contributed by atoms with van der Waals surface area (Å²) in [4.78, 5) is 33.8. The van der Waals surface area contributed by atoms with E-state index >= 15 is 0 Å². The Morgan fingerprint density at radius 3 is 2.45 bits per heavy atom.